The molecule has 2 N–H and O–H groups in total. The van der Waals surface area contributed by atoms with Crippen LogP contribution in [0.5, 0.6) is 0 Å². The lowest BCUT2D eigenvalue weighted by atomic mass is 10.2. The highest BCUT2D eigenvalue weighted by Crippen LogP contribution is 2.32. The van der Waals surface area contributed by atoms with E-state index in [9.17, 15) is 18.0 Å². The number of aromatic nitrogens is 2. The molecular weight excluding hydrogens is 269 g/mol. The van der Waals surface area contributed by atoms with E-state index in [-0.39, 0.29) is 17.6 Å². The normalized spacial score (nSPS) is 11.7. The Bertz CT molecular complexity index is 405. The third-order valence-corrected chi connectivity index (χ3v) is 2.70. The van der Waals surface area contributed by atoms with Gasteiger partial charge in [-0.3, -0.25) is 4.79 Å². The Labute approximate surface area is 106 Å². The molecule has 0 saturated heterocycles. The summed E-state index contributed by atoms with van der Waals surface area (Å²) >= 11 is 0.368. The van der Waals surface area contributed by atoms with E-state index in [0.717, 1.165) is 0 Å². The van der Waals surface area contributed by atoms with E-state index in [4.69, 9.17) is 0 Å². The van der Waals surface area contributed by atoms with Gasteiger partial charge in [0.15, 0.2) is 0 Å². The number of nitrogens with one attached hydrogen (secondary N) is 2. The van der Waals surface area contributed by atoms with Crippen molar-refractivity contribution in [2.75, 3.05) is 18.4 Å². The summed E-state index contributed by atoms with van der Waals surface area (Å²) in [6.07, 6.45) is -4.50. The molecule has 1 rings (SSSR count). The van der Waals surface area contributed by atoms with Gasteiger partial charge in [-0.05, 0) is 5.92 Å². The van der Waals surface area contributed by atoms with Crippen molar-refractivity contribution < 1.29 is 18.0 Å². The molecule has 0 bridgehead atoms. The summed E-state index contributed by atoms with van der Waals surface area (Å²) in [5, 5.41) is 10.4. The van der Waals surface area contributed by atoms with Crippen LogP contribution in [0.25, 0.3) is 0 Å². The van der Waals surface area contributed by atoms with Crippen LogP contribution in [-0.4, -0.2) is 29.2 Å². The molecular formula is C9H13F3N4OS. The Morgan fingerprint density at radius 2 is 2.06 bits per heavy atom. The van der Waals surface area contributed by atoms with E-state index in [1.54, 1.807) is 0 Å². The van der Waals surface area contributed by atoms with Gasteiger partial charge in [0.1, 0.15) is 0 Å². The molecule has 0 unspecified atom stereocenters. The minimum atomic E-state index is -4.50. The average Bonchev–Trinajstić information content (AvgIpc) is 2.71. The quantitative estimate of drug-likeness (QED) is 0.863. The molecule has 1 amide bonds. The monoisotopic (exact) mass is 282 g/mol. The largest absolute Gasteiger partial charge is 0.445 e. The molecule has 18 heavy (non-hydrogen) atoms. The molecule has 0 saturated carbocycles. The van der Waals surface area contributed by atoms with Gasteiger partial charge in [0.25, 0.3) is 0 Å². The zero-order chi connectivity index (χ0) is 13.8. The first-order valence-electron chi connectivity index (χ1n) is 5.20. The van der Waals surface area contributed by atoms with Gasteiger partial charge in [0.2, 0.25) is 16.0 Å². The lowest BCUT2D eigenvalue weighted by molar-refractivity contribution is -0.138. The number of carbonyl (C=O) groups is 1. The molecule has 0 radical (unpaired) electrons. The van der Waals surface area contributed by atoms with Crippen molar-refractivity contribution in [2.45, 2.75) is 20.0 Å². The van der Waals surface area contributed by atoms with Crippen molar-refractivity contribution in [1.82, 2.24) is 15.5 Å². The van der Waals surface area contributed by atoms with Gasteiger partial charge in [-0.25, -0.2) is 0 Å². The lowest BCUT2D eigenvalue weighted by Crippen LogP contribution is -2.32. The van der Waals surface area contributed by atoms with Crippen LogP contribution in [0.1, 0.15) is 18.9 Å². The first kappa shape index (κ1) is 14.7. The third-order valence-electron chi connectivity index (χ3n) is 1.78. The average molecular weight is 282 g/mol. The number of carbonyl (C=O) groups excluding carboxylic acids is 1. The number of alkyl halides is 3. The minimum Gasteiger partial charge on any atom is -0.354 e. The highest BCUT2D eigenvalue weighted by atomic mass is 32.1. The molecule has 102 valence electrons. The van der Waals surface area contributed by atoms with Gasteiger partial charge in [0, 0.05) is 6.54 Å². The standard InChI is InChI=1S/C9H13F3N4OS/c1-5(2)3-13-6(17)4-14-8-16-15-7(18-8)9(10,11)12/h5H,3-4H2,1-2H3,(H,13,17)(H,14,16). The van der Waals surface area contributed by atoms with Crippen LogP contribution < -0.4 is 10.6 Å². The Kier molecular flexibility index (Phi) is 4.88. The fraction of sp³-hybridized carbons (Fsp3) is 0.667. The molecule has 0 spiro atoms. The van der Waals surface area contributed by atoms with Crippen LogP contribution in [0.15, 0.2) is 0 Å². The number of hydrogen-bond acceptors (Lipinski definition) is 5. The van der Waals surface area contributed by atoms with Crippen LogP contribution in [-0.2, 0) is 11.0 Å². The summed E-state index contributed by atoms with van der Waals surface area (Å²) in [6.45, 7) is 4.27. The number of rotatable bonds is 5. The summed E-state index contributed by atoms with van der Waals surface area (Å²) in [4.78, 5) is 11.3. The fourth-order valence-corrected chi connectivity index (χ4v) is 1.55. The fourth-order valence-electron chi connectivity index (χ4n) is 0.946. The maximum atomic E-state index is 12.2. The smallest absolute Gasteiger partial charge is 0.354 e. The van der Waals surface area contributed by atoms with E-state index < -0.39 is 11.2 Å². The molecule has 0 aliphatic heterocycles. The third kappa shape index (κ3) is 4.86. The number of anilines is 1. The van der Waals surface area contributed by atoms with Crippen molar-refractivity contribution >= 4 is 22.4 Å². The summed E-state index contributed by atoms with van der Waals surface area (Å²) in [6, 6.07) is 0. The maximum Gasteiger partial charge on any atom is 0.445 e. The van der Waals surface area contributed by atoms with Crippen molar-refractivity contribution in [3.63, 3.8) is 0 Å². The molecule has 0 fully saturated rings. The molecule has 1 aromatic heterocycles. The van der Waals surface area contributed by atoms with Crippen LogP contribution in [0.2, 0.25) is 0 Å². The highest BCUT2D eigenvalue weighted by molar-refractivity contribution is 7.15. The van der Waals surface area contributed by atoms with Crippen LogP contribution in [0.4, 0.5) is 18.3 Å². The van der Waals surface area contributed by atoms with Crippen LogP contribution in [0.3, 0.4) is 0 Å². The van der Waals surface area contributed by atoms with E-state index >= 15 is 0 Å². The molecule has 9 heteroatoms. The van der Waals surface area contributed by atoms with Crippen molar-refractivity contribution in [3.05, 3.63) is 5.01 Å². The summed E-state index contributed by atoms with van der Waals surface area (Å²) in [5.74, 6) is 0.0137. The Balaban J connectivity index is 2.40. The zero-order valence-corrected chi connectivity index (χ0v) is 10.7. The van der Waals surface area contributed by atoms with Gasteiger partial charge in [0.05, 0.1) is 6.54 Å². The second kappa shape index (κ2) is 5.98. The number of nitrogens with zero attached hydrogens (tertiary/aromatic N) is 2. The van der Waals surface area contributed by atoms with Gasteiger partial charge < -0.3 is 10.6 Å². The Morgan fingerprint density at radius 1 is 1.39 bits per heavy atom. The minimum absolute atomic E-state index is 0.0259. The molecule has 0 atom stereocenters. The molecule has 0 aliphatic carbocycles. The Hall–Kier alpha value is -1.38. The summed E-state index contributed by atoms with van der Waals surface area (Å²) in [5.41, 5.74) is 0. The highest BCUT2D eigenvalue weighted by Gasteiger charge is 2.35. The Morgan fingerprint density at radius 3 is 2.56 bits per heavy atom. The van der Waals surface area contributed by atoms with Crippen molar-refractivity contribution in [2.24, 2.45) is 5.92 Å². The van der Waals surface area contributed by atoms with Crippen LogP contribution in [0, 0.1) is 5.92 Å². The van der Waals surface area contributed by atoms with E-state index in [0.29, 0.717) is 23.8 Å². The van der Waals surface area contributed by atoms with Gasteiger partial charge in [-0.2, -0.15) is 13.2 Å². The zero-order valence-electron chi connectivity index (χ0n) is 9.84. The molecule has 1 aromatic rings. The predicted molar refractivity (Wildman–Crippen MR) is 61.2 cm³/mol. The van der Waals surface area contributed by atoms with E-state index in [1.165, 1.54) is 0 Å². The SMILES string of the molecule is CC(C)CNC(=O)CNc1nnc(C(F)(F)F)s1. The van der Waals surface area contributed by atoms with Crippen molar-refractivity contribution in [1.29, 1.82) is 0 Å². The molecule has 5 nitrogen and oxygen atoms in total. The molecule has 0 aromatic carbocycles. The van der Waals surface area contributed by atoms with Crippen LogP contribution >= 0.6 is 11.3 Å². The second-order valence-electron chi connectivity index (χ2n) is 3.96. The van der Waals surface area contributed by atoms with Crippen molar-refractivity contribution in [3.8, 4) is 0 Å². The first-order chi connectivity index (χ1) is 8.29. The van der Waals surface area contributed by atoms with Gasteiger partial charge in [-0.15, -0.1) is 10.2 Å². The second-order valence-corrected chi connectivity index (χ2v) is 4.94. The van der Waals surface area contributed by atoms with E-state index in [1.807, 2.05) is 13.8 Å². The van der Waals surface area contributed by atoms with Gasteiger partial charge >= 0.3 is 6.18 Å². The lowest BCUT2D eigenvalue weighted by Gasteiger charge is -2.07. The summed E-state index contributed by atoms with van der Waals surface area (Å²) in [7, 11) is 0. The summed E-state index contributed by atoms with van der Waals surface area (Å²) < 4.78 is 36.6. The predicted octanol–water partition coefficient (Wildman–Crippen LogP) is 1.74. The van der Waals surface area contributed by atoms with E-state index in [2.05, 4.69) is 20.8 Å². The number of amides is 1. The number of halogens is 3. The molecule has 1 heterocycles. The number of hydrogen-bond donors (Lipinski definition) is 2. The first-order valence-corrected chi connectivity index (χ1v) is 6.02. The molecule has 0 aliphatic rings. The maximum absolute atomic E-state index is 12.2. The topological polar surface area (TPSA) is 66.9 Å². The van der Waals surface area contributed by atoms with Gasteiger partial charge in [-0.1, -0.05) is 25.2 Å².